The fraction of sp³-hybridized carbons (Fsp3) is 0.0769. The molecule has 0 atom stereocenters. The number of rotatable bonds is 2. The Hall–Kier alpha value is -1.87. The minimum atomic E-state index is 0. The van der Waals surface area contributed by atoms with E-state index in [1.165, 1.54) is 5.56 Å². The van der Waals surface area contributed by atoms with Crippen molar-refractivity contribution in [3.8, 4) is 0 Å². The molecule has 2 heterocycles. The van der Waals surface area contributed by atoms with Crippen LogP contribution in [0.4, 0.5) is 0 Å². The highest BCUT2D eigenvalue weighted by atomic mass is 35.5. The highest BCUT2D eigenvalue weighted by Crippen LogP contribution is 2.06. The van der Waals surface area contributed by atoms with Gasteiger partial charge in [-0.25, -0.2) is 0 Å². The van der Waals surface area contributed by atoms with Gasteiger partial charge in [-0.3, -0.25) is 5.10 Å². The molecule has 0 fully saturated rings. The van der Waals surface area contributed by atoms with E-state index in [1.807, 2.05) is 12.3 Å². The van der Waals surface area contributed by atoms with Crippen LogP contribution in [0.15, 0.2) is 55.0 Å². The molecule has 0 saturated heterocycles. The summed E-state index contributed by atoms with van der Waals surface area (Å²) in [5, 5.41) is 8.13. The number of halogens is 1. The molecule has 3 aromatic rings. The topological polar surface area (TPSA) is 32.6 Å². The normalized spacial score (nSPS) is 10.1. The lowest BCUT2D eigenvalue weighted by molar-refractivity contribution is -0.687. The summed E-state index contributed by atoms with van der Waals surface area (Å²) in [6, 6.07) is 12.5. The van der Waals surface area contributed by atoms with Gasteiger partial charge in [0.15, 0.2) is 18.9 Å². The minimum absolute atomic E-state index is 0. The lowest BCUT2D eigenvalue weighted by Crippen LogP contribution is -3.00. The Balaban J connectivity index is 0.00000108. The summed E-state index contributed by atoms with van der Waals surface area (Å²) in [6.45, 7) is 0.885. The SMILES string of the molecule is [Cl-].c1ccc(C[n+]2ccc3cn[nH]c3c2)cc1. The van der Waals surface area contributed by atoms with Gasteiger partial charge in [-0.2, -0.15) is 9.67 Å². The maximum absolute atomic E-state index is 4.01. The molecular weight excluding hydrogens is 234 g/mol. The summed E-state index contributed by atoms with van der Waals surface area (Å²) in [6.07, 6.45) is 5.99. The molecule has 2 aromatic heterocycles. The molecule has 0 aliphatic carbocycles. The Morgan fingerprint density at radius 1 is 1.12 bits per heavy atom. The van der Waals surface area contributed by atoms with E-state index in [2.05, 4.69) is 57.5 Å². The van der Waals surface area contributed by atoms with Crippen LogP contribution >= 0.6 is 0 Å². The number of aromatic nitrogens is 3. The van der Waals surface area contributed by atoms with Gasteiger partial charge >= 0.3 is 0 Å². The first-order chi connectivity index (χ1) is 7.92. The number of hydrogen-bond acceptors (Lipinski definition) is 1. The van der Waals surface area contributed by atoms with Crippen LogP contribution in [0, 0.1) is 0 Å². The molecule has 0 aliphatic rings. The highest BCUT2D eigenvalue weighted by molar-refractivity contribution is 5.75. The number of hydrogen-bond donors (Lipinski definition) is 1. The van der Waals surface area contributed by atoms with Crippen LogP contribution in [0.25, 0.3) is 10.9 Å². The van der Waals surface area contributed by atoms with Gasteiger partial charge in [0.05, 0.1) is 6.20 Å². The van der Waals surface area contributed by atoms with Crippen molar-refractivity contribution in [1.29, 1.82) is 0 Å². The second-order valence-corrected chi connectivity index (χ2v) is 3.84. The molecule has 86 valence electrons. The zero-order valence-electron chi connectivity index (χ0n) is 9.18. The van der Waals surface area contributed by atoms with Crippen molar-refractivity contribution in [2.75, 3.05) is 0 Å². The van der Waals surface area contributed by atoms with E-state index < -0.39 is 0 Å². The second kappa shape index (κ2) is 4.97. The second-order valence-electron chi connectivity index (χ2n) is 3.84. The monoisotopic (exact) mass is 245 g/mol. The van der Waals surface area contributed by atoms with Gasteiger partial charge < -0.3 is 12.4 Å². The maximum atomic E-state index is 4.01. The molecule has 0 amide bonds. The van der Waals surface area contributed by atoms with Gasteiger partial charge in [-0.05, 0) is 0 Å². The smallest absolute Gasteiger partial charge is 0.194 e. The quantitative estimate of drug-likeness (QED) is 0.572. The predicted octanol–water partition coefficient (Wildman–Crippen LogP) is -1.10. The summed E-state index contributed by atoms with van der Waals surface area (Å²) in [4.78, 5) is 0. The zero-order valence-corrected chi connectivity index (χ0v) is 9.93. The Morgan fingerprint density at radius 2 is 1.94 bits per heavy atom. The van der Waals surface area contributed by atoms with Crippen molar-refractivity contribution in [3.05, 3.63) is 60.6 Å². The van der Waals surface area contributed by atoms with Crippen LogP contribution in [0.3, 0.4) is 0 Å². The number of benzene rings is 1. The summed E-state index contributed by atoms with van der Waals surface area (Å²) < 4.78 is 2.15. The highest BCUT2D eigenvalue weighted by Gasteiger charge is 2.04. The first-order valence-electron chi connectivity index (χ1n) is 5.28. The van der Waals surface area contributed by atoms with Crippen LogP contribution in [-0.2, 0) is 6.54 Å². The average molecular weight is 246 g/mol. The molecule has 0 aliphatic heterocycles. The van der Waals surface area contributed by atoms with E-state index in [1.54, 1.807) is 0 Å². The minimum Gasteiger partial charge on any atom is -1.00 e. The average Bonchev–Trinajstić information content (AvgIpc) is 2.77. The summed E-state index contributed by atoms with van der Waals surface area (Å²) >= 11 is 0. The molecule has 3 nitrogen and oxygen atoms in total. The summed E-state index contributed by atoms with van der Waals surface area (Å²) in [5.41, 5.74) is 2.37. The van der Waals surface area contributed by atoms with Crippen LogP contribution in [-0.4, -0.2) is 10.2 Å². The number of nitrogens with zero attached hydrogens (tertiary/aromatic N) is 2. The molecule has 1 aromatic carbocycles. The van der Waals surface area contributed by atoms with E-state index in [0.29, 0.717) is 0 Å². The number of pyridine rings is 1. The van der Waals surface area contributed by atoms with Gasteiger partial charge in [-0.1, -0.05) is 30.3 Å². The largest absolute Gasteiger partial charge is 1.00 e. The number of fused-ring (bicyclic) bond motifs is 1. The number of aromatic amines is 1. The Kier molecular flexibility index (Phi) is 3.40. The molecule has 0 saturated carbocycles. The standard InChI is InChI=1S/C13H11N3.ClH/c1-2-4-11(5-3-1)9-16-7-6-12-8-14-15-13(12)10-16;/h1-8,10H,9H2;1H. The fourth-order valence-corrected chi connectivity index (χ4v) is 1.82. The molecule has 4 heteroatoms. The number of H-pyrrole nitrogens is 1. The van der Waals surface area contributed by atoms with Gasteiger partial charge in [0, 0.05) is 17.0 Å². The molecule has 3 rings (SSSR count). The maximum Gasteiger partial charge on any atom is 0.194 e. The van der Waals surface area contributed by atoms with Gasteiger partial charge in [-0.15, -0.1) is 0 Å². The van der Waals surface area contributed by atoms with Crippen molar-refractivity contribution < 1.29 is 17.0 Å². The van der Waals surface area contributed by atoms with E-state index in [-0.39, 0.29) is 12.4 Å². The van der Waals surface area contributed by atoms with Crippen LogP contribution in [0.2, 0.25) is 0 Å². The van der Waals surface area contributed by atoms with Crippen molar-refractivity contribution in [2.45, 2.75) is 6.54 Å². The lowest BCUT2D eigenvalue weighted by Gasteiger charge is -1.96. The van der Waals surface area contributed by atoms with E-state index >= 15 is 0 Å². The molecule has 0 radical (unpaired) electrons. The van der Waals surface area contributed by atoms with Crippen molar-refractivity contribution in [2.24, 2.45) is 0 Å². The van der Waals surface area contributed by atoms with E-state index in [4.69, 9.17) is 0 Å². The lowest BCUT2D eigenvalue weighted by atomic mass is 10.2. The van der Waals surface area contributed by atoms with Crippen LogP contribution in [0.5, 0.6) is 0 Å². The number of nitrogens with one attached hydrogen (secondary N) is 1. The molecule has 0 unspecified atom stereocenters. The molecule has 0 bridgehead atoms. The Bertz CT molecular complexity index is 604. The summed E-state index contributed by atoms with van der Waals surface area (Å²) in [7, 11) is 0. The van der Waals surface area contributed by atoms with Crippen molar-refractivity contribution in [3.63, 3.8) is 0 Å². The third kappa shape index (κ3) is 2.45. The van der Waals surface area contributed by atoms with Gasteiger partial charge in [0.2, 0.25) is 0 Å². The van der Waals surface area contributed by atoms with Gasteiger partial charge in [0.1, 0.15) is 5.52 Å². The molecule has 17 heavy (non-hydrogen) atoms. The summed E-state index contributed by atoms with van der Waals surface area (Å²) in [5.74, 6) is 0. The first-order valence-corrected chi connectivity index (χ1v) is 5.28. The fourth-order valence-electron chi connectivity index (χ4n) is 1.82. The van der Waals surface area contributed by atoms with Gasteiger partial charge in [0.25, 0.3) is 0 Å². The van der Waals surface area contributed by atoms with E-state index in [0.717, 1.165) is 17.4 Å². The van der Waals surface area contributed by atoms with Crippen LogP contribution < -0.4 is 17.0 Å². The van der Waals surface area contributed by atoms with Crippen molar-refractivity contribution in [1.82, 2.24) is 10.2 Å². The predicted molar refractivity (Wildman–Crippen MR) is 61.8 cm³/mol. The van der Waals surface area contributed by atoms with Crippen LogP contribution in [0.1, 0.15) is 5.56 Å². The molecular formula is C13H12ClN3. The third-order valence-corrected chi connectivity index (χ3v) is 2.65. The third-order valence-electron chi connectivity index (χ3n) is 2.65. The Labute approximate surface area is 106 Å². The van der Waals surface area contributed by atoms with Crippen molar-refractivity contribution >= 4 is 10.9 Å². The first kappa shape index (κ1) is 11.6. The molecule has 0 spiro atoms. The zero-order chi connectivity index (χ0) is 10.8. The Morgan fingerprint density at radius 3 is 2.76 bits per heavy atom. The molecule has 1 N–H and O–H groups in total. The van der Waals surface area contributed by atoms with E-state index in [9.17, 15) is 0 Å².